The fourth-order valence-electron chi connectivity index (χ4n) is 5.48. The van der Waals surface area contributed by atoms with Gasteiger partial charge in [-0.3, -0.25) is 0 Å². The van der Waals surface area contributed by atoms with Crippen LogP contribution in [0.15, 0.2) is 72.1 Å². The van der Waals surface area contributed by atoms with Gasteiger partial charge in [0.25, 0.3) is 0 Å². The smallest absolute Gasteiger partial charge is 0.243 e. The van der Waals surface area contributed by atoms with Gasteiger partial charge in [0.2, 0.25) is 10.0 Å². The minimum absolute atomic E-state index is 0.157. The number of rotatable bonds is 7. The third kappa shape index (κ3) is 4.36. The van der Waals surface area contributed by atoms with Crippen LogP contribution in [-0.4, -0.2) is 30.9 Å². The summed E-state index contributed by atoms with van der Waals surface area (Å²) in [5.74, 6) is 0.181. The van der Waals surface area contributed by atoms with E-state index in [1.165, 1.54) is 0 Å². The number of nitrogens with zero attached hydrogens (tertiary/aromatic N) is 1. The number of aryl methyl sites for hydroxylation is 1. The molecule has 4 rings (SSSR count). The fraction of sp³-hybridized carbons (Fsp3) is 0.462. The van der Waals surface area contributed by atoms with Crippen molar-refractivity contribution >= 4 is 10.0 Å². The number of hydrogen-bond acceptors (Lipinski definition) is 3. The van der Waals surface area contributed by atoms with Gasteiger partial charge >= 0.3 is 0 Å². The zero-order chi connectivity index (χ0) is 21.9. The predicted molar refractivity (Wildman–Crippen MR) is 124 cm³/mol. The lowest BCUT2D eigenvalue weighted by atomic mass is 9.72. The van der Waals surface area contributed by atoms with Gasteiger partial charge in [-0.15, -0.1) is 6.58 Å². The lowest BCUT2D eigenvalue weighted by molar-refractivity contribution is 0.0484. The Balaban J connectivity index is 1.64. The first-order valence-corrected chi connectivity index (χ1v) is 12.8. The highest BCUT2D eigenvalue weighted by Crippen LogP contribution is 2.50. The van der Waals surface area contributed by atoms with E-state index in [9.17, 15) is 8.42 Å². The van der Waals surface area contributed by atoms with Crippen molar-refractivity contribution < 1.29 is 13.2 Å². The first-order valence-electron chi connectivity index (χ1n) is 11.3. The van der Waals surface area contributed by atoms with Crippen molar-refractivity contribution in [2.24, 2.45) is 5.92 Å². The molecule has 0 aromatic heterocycles. The van der Waals surface area contributed by atoms with Crippen molar-refractivity contribution in [1.82, 2.24) is 4.31 Å². The van der Waals surface area contributed by atoms with Gasteiger partial charge in [-0.1, -0.05) is 66.9 Å². The number of hydrogen-bond donors (Lipinski definition) is 0. The molecule has 166 valence electrons. The van der Waals surface area contributed by atoms with Gasteiger partial charge in [0, 0.05) is 11.6 Å². The van der Waals surface area contributed by atoms with Crippen LogP contribution in [0.5, 0.6) is 0 Å². The molecule has 1 aliphatic heterocycles. The van der Waals surface area contributed by atoms with E-state index in [1.807, 2.05) is 59.8 Å². The van der Waals surface area contributed by atoms with Gasteiger partial charge in [-0.2, -0.15) is 4.31 Å². The van der Waals surface area contributed by atoms with Crippen molar-refractivity contribution in [3.8, 4) is 0 Å². The van der Waals surface area contributed by atoms with Gasteiger partial charge < -0.3 is 4.74 Å². The summed E-state index contributed by atoms with van der Waals surface area (Å²) in [4.78, 5) is 0.376. The van der Waals surface area contributed by atoms with Gasteiger partial charge in [0.1, 0.15) is 0 Å². The number of ether oxygens (including phenoxy) is 1. The van der Waals surface area contributed by atoms with Crippen molar-refractivity contribution in [3.63, 3.8) is 0 Å². The van der Waals surface area contributed by atoms with E-state index in [0.717, 1.165) is 49.7 Å². The molecule has 0 N–H and O–H groups in total. The molecule has 1 aliphatic carbocycles. The van der Waals surface area contributed by atoms with Gasteiger partial charge in [-0.25, -0.2) is 8.42 Å². The molecule has 1 heterocycles. The van der Waals surface area contributed by atoms with Crippen LogP contribution in [-0.2, 0) is 21.4 Å². The van der Waals surface area contributed by atoms with Crippen LogP contribution >= 0.6 is 0 Å². The molecule has 5 heteroatoms. The van der Waals surface area contributed by atoms with Crippen LogP contribution < -0.4 is 0 Å². The predicted octanol–water partition coefficient (Wildman–Crippen LogP) is 5.48. The maximum Gasteiger partial charge on any atom is 0.243 e. The van der Waals surface area contributed by atoms with Crippen molar-refractivity contribution in [3.05, 3.63) is 78.4 Å². The molecule has 2 aromatic rings. The van der Waals surface area contributed by atoms with Crippen LogP contribution in [0.2, 0.25) is 0 Å². The summed E-state index contributed by atoms with van der Waals surface area (Å²) in [6, 6.07) is 17.1. The average molecular weight is 440 g/mol. The molecule has 2 aromatic carbocycles. The van der Waals surface area contributed by atoms with E-state index in [0.29, 0.717) is 18.1 Å². The minimum Gasteiger partial charge on any atom is -0.375 e. The van der Waals surface area contributed by atoms with E-state index < -0.39 is 10.0 Å². The Morgan fingerprint density at radius 2 is 1.81 bits per heavy atom. The Labute approximate surface area is 187 Å². The van der Waals surface area contributed by atoms with Crippen LogP contribution in [0.4, 0.5) is 0 Å². The molecule has 31 heavy (non-hydrogen) atoms. The normalized spacial score (nSPS) is 26.9. The molecular formula is C26H33NO3S. The summed E-state index contributed by atoms with van der Waals surface area (Å²) >= 11 is 0. The fourth-order valence-corrected chi connectivity index (χ4v) is 7.54. The molecule has 1 saturated heterocycles. The maximum atomic E-state index is 14.0. The van der Waals surface area contributed by atoms with E-state index >= 15 is 0 Å². The maximum absolute atomic E-state index is 14.0. The van der Waals surface area contributed by atoms with Crippen LogP contribution in [0, 0.1) is 12.8 Å². The van der Waals surface area contributed by atoms with Crippen molar-refractivity contribution in [1.29, 1.82) is 0 Å². The first-order chi connectivity index (χ1) is 15.0. The molecule has 0 amide bonds. The summed E-state index contributed by atoms with van der Waals surface area (Å²) in [5, 5.41) is 0. The molecule has 4 nitrogen and oxygen atoms in total. The SMILES string of the molecule is C=CC1CCCCC12CCC(COCc1ccccc1)N2S(=O)(=O)c1ccc(C)cc1. The third-order valence-corrected chi connectivity index (χ3v) is 9.08. The Kier molecular flexibility index (Phi) is 6.65. The molecule has 2 fully saturated rings. The second kappa shape index (κ2) is 9.27. The van der Waals surface area contributed by atoms with Gasteiger partial charge in [0.05, 0.1) is 18.1 Å². The Morgan fingerprint density at radius 1 is 1.06 bits per heavy atom. The number of benzene rings is 2. The lowest BCUT2D eigenvalue weighted by Gasteiger charge is -2.47. The summed E-state index contributed by atoms with van der Waals surface area (Å²) in [6.07, 6.45) is 7.77. The molecular weight excluding hydrogens is 406 g/mol. The van der Waals surface area contributed by atoms with E-state index in [2.05, 4.69) is 6.58 Å². The molecule has 1 saturated carbocycles. The summed E-state index contributed by atoms with van der Waals surface area (Å²) < 4.78 is 35.8. The molecule has 1 spiro atoms. The standard InChI is InChI=1S/C26H33NO3S/c1-3-23-11-7-8-17-26(23)18-16-24(20-30-19-22-9-5-4-6-10-22)27(26)31(28,29)25-14-12-21(2)13-15-25/h3-6,9-10,12-15,23-24H,1,7-8,11,16-20H2,2H3. The zero-order valence-electron chi connectivity index (χ0n) is 18.4. The van der Waals surface area contributed by atoms with E-state index in [4.69, 9.17) is 4.74 Å². The summed E-state index contributed by atoms with van der Waals surface area (Å²) in [6.45, 7) is 6.96. The highest BCUT2D eigenvalue weighted by molar-refractivity contribution is 7.89. The summed E-state index contributed by atoms with van der Waals surface area (Å²) in [7, 11) is -3.65. The van der Waals surface area contributed by atoms with Crippen LogP contribution in [0.25, 0.3) is 0 Å². The topological polar surface area (TPSA) is 46.6 Å². The second-order valence-corrected chi connectivity index (χ2v) is 10.8. The highest BCUT2D eigenvalue weighted by Gasteiger charge is 2.56. The average Bonchev–Trinajstić information content (AvgIpc) is 3.14. The third-order valence-electron chi connectivity index (χ3n) is 7.03. The van der Waals surface area contributed by atoms with Gasteiger partial charge in [0.15, 0.2) is 0 Å². The Morgan fingerprint density at radius 3 is 2.52 bits per heavy atom. The largest absolute Gasteiger partial charge is 0.375 e. The molecule has 3 atom stereocenters. The van der Waals surface area contributed by atoms with Crippen LogP contribution in [0.1, 0.15) is 49.7 Å². The summed E-state index contributed by atoms with van der Waals surface area (Å²) in [5.41, 5.74) is 1.77. The second-order valence-electron chi connectivity index (χ2n) is 9.00. The van der Waals surface area contributed by atoms with Crippen molar-refractivity contribution in [2.75, 3.05) is 6.61 Å². The highest BCUT2D eigenvalue weighted by atomic mass is 32.2. The Bertz CT molecular complexity index is 987. The lowest BCUT2D eigenvalue weighted by Crippen LogP contribution is -2.56. The van der Waals surface area contributed by atoms with E-state index in [-0.39, 0.29) is 17.5 Å². The monoisotopic (exact) mass is 439 g/mol. The minimum atomic E-state index is -3.65. The Hall–Kier alpha value is -1.95. The zero-order valence-corrected chi connectivity index (χ0v) is 19.2. The molecule has 0 bridgehead atoms. The van der Waals surface area contributed by atoms with Crippen molar-refractivity contribution in [2.45, 2.75) is 68.5 Å². The van der Waals surface area contributed by atoms with Gasteiger partial charge in [-0.05, 0) is 56.2 Å². The molecule has 3 unspecified atom stereocenters. The molecule has 2 aliphatic rings. The molecule has 0 radical (unpaired) electrons. The first kappa shape index (κ1) is 22.3. The quantitative estimate of drug-likeness (QED) is 0.537. The van der Waals surface area contributed by atoms with E-state index in [1.54, 1.807) is 12.1 Å². The van der Waals surface area contributed by atoms with Crippen LogP contribution in [0.3, 0.4) is 0 Å². The number of sulfonamides is 1.